The van der Waals surface area contributed by atoms with E-state index in [0.717, 1.165) is 17.4 Å². The lowest BCUT2D eigenvalue weighted by Crippen LogP contribution is -2.39. The summed E-state index contributed by atoms with van der Waals surface area (Å²) >= 11 is 7.20. The van der Waals surface area contributed by atoms with Crippen molar-refractivity contribution in [3.05, 3.63) is 21.3 Å². The zero-order chi connectivity index (χ0) is 11.5. The van der Waals surface area contributed by atoms with Crippen LogP contribution in [0, 0.1) is 0 Å². The molecular formula is C10H14ClN3OS. The van der Waals surface area contributed by atoms with Crippen LogP contribution < -0.4 is 10.6 Å². The Labute approximate surface area is 103 Å². The van der Waals surface area contributed by atoms with E-state index in [1.807, 2.05) is 6.07 Å². The van der Waals surface area contributed by atoms with Gasteiger partial charge in [0.1, 0.15) is 6.10 Å². The number of aliphatic imine (C=N–C) groups is 1. The minimum Gasteiger partial charge on any atom is -0.386 e. The Balaban J connectivity index is 1.82. The van der Waals surface area contributed by atoms with Crippen LogP contribution in [0.2, 0.25) is 4.34 Å². The standard InChI is InChI=1S/C10H14ClN3OS/c1-6-4-12-10(14-6)13-5-7(15)8-2-3-9(11)16-8/h2-3,6-7,15H,4-5H2,1H3,(H2,12,13,14). The highest BCUT2D eigenvalue weighted by Crippen LogP contribution is 2.26. The highest BCUT2D eigenvalue weighted by Gasteiger charge is 2.15. The Kier molecular flexibility index (Phi) is 3.68. The maximum atomic E-state index is 9.87. The molecule has 2 atom stereocenters. The van der Waals surface area contributed by atoms with E-state index < -0.39 is 6.10 Å². The van der Waals surface area contributed by atoms with Gasteiger partial charge in [-0.2, -0.15) is 0 Å². The Morgan fingerprint density at radius 1 is 1.75 bits per heavy atom. The number of aliphatic hydroxyl groups excluding tert-OH is 1. The van der Waals surface area contributed by atoms with Gasteiger partial charge in [0.05, 0.1) is 10.9 Å². The second kappa shape index (κ2) is 5.03. The quantitative estimate of drug-likeness (QED) is 0.769. The van der Waals surface area contributed by atoms with E-state index in [4.69, 9.17) is 11.6 Å². The average Bonchev–Trinajstić information content (AvgIpc) is 2.84. The number of guanidine groups is 1. The molecule has 16 heavy (non-hydrogen) atoms. The number of hydrogen-bond acceptors (Lipinski definition) is 5. The van der Waals surface area contributed by atoms with E-state index in [1.165, 1.54) is 11.3 Å². The Morgan fingerprint density at radius 3 is 3.12 bits per heavy atom. The molecule has 0 spiro atoms. The van der Waals surface area contributed by atoms with E-state index in [0.29, 0.717) is 16.9 Å². The molecule has 2 heterocycles. The highest BCUT2D eigenvalue weighted by molar-refractivity contribution is 7.16. The zero-order valence-corrected chi connectivity index (χ0v) is 10.5. The van der Waals surface area contributed by atoms with Crippen LogP contribution in [0.1, 0.15) is 17.9 Å². The van der Waals surface area contributed by atoms with Crippen molar-refractivity contribution in [1.29, 1.82) is 0 Å². The third kappa shape index (κ3) is 2.87. The molecule has 2 unspecified atom stereocenters. The lowest BCUT2D eigenvalue weighted by Gasteiger charge is -2.12. The molecule has 6 heteroatoms. The predicted octanol–water partition coefficient (Wildman–Crippen LogP) is 1.37. The van der Waals surface area contributed by atoms with Crippen LogP contribution in [-0.4, -0.2) is 30.2 Å². The number of rotatable bonds is 3. The summed E-state index contributed by atoms with van der Waals surface area (Å²) in [7, 11) is 0. The van der Waals surface area contributed by atoms with Crippen molar-refractivity contribution >= 4 is 28.9 Å². The van der Waals surface area contributed by atoms with Crippen LogP contribution in [0.25, 0.3) is 0 Å². The molecule has 1 aliphatic rings. The fourth-order valence-electron chi connectivity index (χ4n) is 1.46. The molecular weight excluding hydrogens is 246 g/mol. The lowest BCUT2D eigenvalue weighted by atomic mass is 10.3. The molecule has 4 nitrogen and oxygen atoms in total. The Bertz CT molecular complexity index is 393. The maximum Gasteiger partial charge on any atom is 0.191 e. The minimum absolute atomic E-state index is 0.371. The molecule has 0 saturated carbocycles. The van der Waals surface area contributed by atoms with Gasteiger partial charge in [0.15, 0.2) is 5.96 Å². The van der Waals surface area contributed by atoms with Crippen molar-refractivity contribution in [2.45, 2.75) is 19.1 Å². The van der Waals surface area contributed by atoms with Crippen molar-refractivity contribution in [1.82, 2.24) is 10.6 Å². The number of thiophene rings is 1. The van der Waals surface area contributed by atoms with Gasteiger partial charge in [-0.3, -0.25) is 4.99 Å². The van der Waals surface area contributed by atoms with Gasteiger partial charge in [0, 0.05) is 17.5 Å². The predicted molar refractivity (Wildman–Crippen MR) is 67.2 cm³/mol. The summed E-state index contributed by atoms with van der Waals surface area (Å²) in [5.74, 6) is 0.759. The largest absolute Gasteiger partial charge is 0.386 e. The molecule has 0 bridgehead atoms. The molecule has 1 aromatic rings. The van der Waals surface area contributed by atoms with Crippen LogP contribution >= 0.6 is 22.9 Å². The molecule has 0 aromatic carbocycles. The Morgan fingerprint density at radius 2 is 2.56 bits per heavy atom. The van der Waals surface area contributed by atoms with Gasteiger partial charge in [0.25, 0.3) is 0 Å². The number of nitrogens with one attached hydrogen (secondary N) is 2. The van der Waals surface area contributed by atoms with Crippen molar-refractivity contribution in [3.63, 3.8) is 0 Å². The summed E-state index contributed by atoms with van der Waals surface area (Å²) in [5, 5.41) is 16.1. The van der Waals surface area contributed by atoms with E-state index in [1.54, 1.807) is 6.07 Å². The maximum absolute atomic E-state index is 9.87. The summed E-state index contributed by atoms with van der Waals surface area (Å²) in [4.78, 5) is 5.11. The third-order valence-corrected chi connectivity index (χ3v) is 3.62. The van der Waals surface area contributed by atoms with Crippen molar-refractivity contribution in [2.75, 3.05) is 13.1 Å². The summed E-state index contributed by atoms with van der Waals surface area (Å²) in [5.41, 5.74) is 0. The second-order valence-electron chi connectivity index (χ2n) is 3.77. The minimum atomic E-state index is -0.544. The van der Waals surface area contributed by atoms with Crippen LogP contribution in [0.3, 0.4) is 0 Å². The van der Waals surface area contributed by atoms with Gasteiger partial charge in [-0.05, 0) is 19.1 Å². The molecule has 88 valence electrons. The van der Waals surface area contributed by atoms with Gasteiger partial charge < -0.3 is 15.7 Å². The molecule has 3 N–H and O–H groups in total. The third-order valence-electron chi connectivity index (χ3n) is 2.29. The lowest BCUT2D eigenvalue weighted by molar-refractivity contribution is 0.184. The van der Waals surface area contributed by atoms with E-state index >= 15 is 0 Å². The van der Waals surface area contributed by atoms with Crippen molar-refractivity contribution < 1.29 is 5.11 Å². The molecule has 2 rings (SSSR count). The van der Waals surface area contributed by atoms with Gasteiger partial charge in [-0.25, -0.2) is 0 Å². The van der Waals surface area contributed by atoms with Crippen LogP contribution in [0.4, 0.5) is 0 Å². The smallest absolute Gasteiger partial charge is 0.191 e. The fourth-order valence-corrected chi connectivity index (χ4v) is 2.51. The van der Waals surface area contributed by atoms with Gasteiger partial charge in [-0.1, -0.05) is 11.6 Å². The summed E-state index contributed by atoms with van der Waals surface area (Å²) in [6, 6.07) is 4.00. The molecule has 1 aliphatic heterocycles. The molecule has 1 aromatic heterocycles. The molecule has 0 amide bonds. The number of halogens is 1. The first kappa shape index (κ1) is 11.7. The van der Waals surface area contributed by atoms with Crippen molar-refractivity contribution in [3.8, 4) is 0 Å². The fraction of sp³-hybridized carbons (Fsp3) is 0.500. The Hall–Kier alpha value is -0.780. The molecule has 0 fully saturated rings. The zero-order valence-electron chi connectivity index (χ0n) is 8.90. The first-order valence-electron chi connectivity index (χ1n) is 5.13. The first-order chi connectivity index (χ1) is 7.65. The van der Waals surface area contributed by atoms with E-state index in [9.17, 15) is 5.11 Å². The van der Waals surface area contributed by atoms with Crippen LogP contribution in [0.5, 0.6) is 0 Å². The number of aliphatic hydroxyl groups is 1. The number of nitrogens with zero attached hydrogens (tertiary/aromatic N) is 1. The highest BCUT2D eigenvalue weighted by atomic mass is 35.5. The molecule has 0 saturated heterocycles. The molecule has 0 aliphatic carbocycles. The van der Waals surface area contributed by atoms with Crippen molar-refractivity contribution in [2.24, 2.45) is 4.99 Å². The summed E-state index contributed by atoms with van der Waals surface area (Å²) < 4.78 is 0.694. The molecule has 0 radical (unpaired) electrons. The summed E-state index contributed by atoms with van der Waals surface area (Å²) in [6.07, 6.45) is -0.544. The normalized spacial score (nSPS) is 21.4. The van der Waals surface area contributed by atoms with Gasteiger partial charge in [0.2, 0.25) is 0 Å². The van der Waals surface area contributed by atoms with Crippen LogP contribution in [-0.2, 0) is 0 Å². The average molecular weight is 260 g/mol. The van der Waals surface area contributed by atoms with Gasteiger partial charge in [-0.15, -0.1) is 11.3 Å². The van der Waals surface area contributed by atoms with E-state index in [2.05, 4.69) is 22.5 Å². The first-order valence-corrected chi connectivity index (χ1v) is 6.33. The van der Waals surface area contributed by atoms with Gasteiger partial charge >= 0.3 is 0 Å². The summed E-state index contributed by atoms with van der Waals surface area (Å²) in [6.45, 7) is 3.28. The van der Waals surface area contributed by atoms with Crippen LogP contribution in [0.15, 0.2) is 17.1 Å². The second-order valence-corrected chi connectivity index (χ2v) is 5.52. The topological polar surface area (TPSA) is 56.7 Å². The SMILES string of the molecule is CC1CN=C(NCC(O)c2ccc(Cl)s2)N1. The van der Waals surface area contributed by atoms with E-state index in [-0.39, 0.29) is 0 Å². The monoisotopic (exact) mass is 259 g/mol. The number of hydrogen-bond donors (Lipinski definition) is 3.